The van der Waals surface area contributed by atoms with Crippen molar-refractivity contribution < 1.29 is 13.2 Å². The molecule has 0 saturated carbocycles. The van der Waals surface area contributed by atoms with Gasteiger partial charge >= 0.3 is 0 Å². The van der Waals surface area contributed by atoms with E-state index in [0.717, 1.165) is 22.6 Å². The minimum atomic E-state index is -3.55. The van der Waals surface area contributed by atoms with Crippen LogP contribution in [0, 0.1) is 20.8 Å². The number of nitrogens with zero attached hydrogens (tertiary/aromatic N) is 4. The number of carbonyl (C=O) groups is 1. The lowest BCUT2D eigenvalue weighted by Crippen LogP contribution is -2.50. The molecule has 1 aromatic heterocycles. The zero-order valence-electron chi connectivity index (χ0n) is 17.9. The number of piperazine rings is 1. The molecule has 4 rings (SSSR count). The van der Waals surface area contributed by atoms with Crippen molar-refractivity contribution in [2.45, 2.75) is 25.7 Å². The Morgan fingerprint density at radius 3 is 2.03 bits per heavy atom. The van der Waals surface area contributed by atoms with E-state index in [-0.39, 0.29) is 23.9 Å². The molecular formula is C23H26N4O3S. The first-order valence-electron chi connectivity index (χ1n) is 10.3. The zero-order chi connectivity index (χ0) is 22.2. The highest BCUT2D eigenvalue weighted by Crippen LogP contribution is 2.20. The Kier molecular flexibility index (Phi) is 5.68. The van der Waals surface area contributed by atoms with Crippen molar-refractivity contribution in [2.75, 3.05) is 26.2 Å². The highest BCUT2D eigenvalue weighted by atomic mass is 32.2. The summed E-state index contributed by atoms with van der Waals surface area (Å²) in [4.78, 5) is 14.9. The maximum absolute atomic E-state index is 12.9. The van der Waals surface area contributed by atoms with E-state index in [4.69, 9.17) is 0 Å². The second-order valence-electron chi connectivity index (χ2n) is 7.90. The molecule has 31 heavy (non-hydrogen) atoms. The van der Waals surface area contributed by atoms with Gasteiger partial charge in [0.1, 0.15) is 0 Å². The van der Waals surface area contributed by atoms with E-state index < -0.39 is 10.0 Å². The maximum Gasteiger partial charge on any atom is 0.253 e. The van der Waals surface area contributed by atoms with Crippen molar-refractivity contribution in [1.29, 1.82) is 0 Å². The molecule has 1 aliphatic rings. The molecule has 3 aromatic rings. The number of amides is 1. The molecule has 0 unspecified atom stereocenters. The third-order valence-electron chi connectivity index (χ3n) is 5.55. The second kappa shape index (κ2) is 8.28. The molecular weight excluding hydrogens is 412 g/mol. The van der Waals surface area contributed by atoms with Gasteiger partial charge in [-0.3, -0.25) is 4.79 Å². The predicted octanol–water partition coefficient (Wildman–Crippen LogP) is 2.94. The summed E-state index contributed by atoms with van der Waals surface area (Å²) in [6, 6.07) is 16.2. The van der Waals surface area contributed by atoms with E-state index in [1.807, 2.05) is 43.7 Å². The molecule has 1 amide bonds. The molecule has 7 nitrogen and oxygen atoms in total. The van der Waals surface area contributed by atoms with E-state index >= 15 is 0 Å². The lowest BCUT2D eigenvalue weighted by atomic mass is 10.1. The lowest BCUT2D eigenvalue weighted by molar-refractivity contribution is 0.0698. The van der Waals surface area contributed by atoms with Crippen LogP contribution >= 0.6 is 0 Å². The number of hydrogen-bond acceptors (Lipinski definition) is 4. The topological polar surface area (TPSA) is 75.5 Å². The van der Waals surface area contributed by atoms with Crippen LogP contribution in [0.15, 0.2) is 59.5 Å². The second-order valence-corrected chi connectivity index (χ2v) is 9.83. The van der Waals surface area contributed by atoms with Crippen molar-refractivity contribution in [2.24, 2.45) is 0 Å². The fourth-order valence-electron chi connectivity index (χ4n) is 3.81. The summed E-state index contributed by atoms with van der Waals surface area (Å²) in [6.45, 7) is 7.15. The fraction of sp³-hybridized carbons (Fsp3) is 0.304. The Morgan fingerprint density at radius 1 is 0.871 bits per heavy atom. The Balaban J connectivity index is 1.42. The SMILES string of the molecule is Cc1ccc(S(=O)(=O)N2CCN(C(=O)c3ccc(-n4nc(C)cc4C)cc3)CC2)cc1. The number of carbonyl (C=O) groups excluding carboxylic acids is 1. The van der Waals surface area contributed by atoms with Crippen LogP contribution < -0.4 is 0 Å². The van der Waals surface area contributed by atoms with Gasteiger partial charge in [0.05, 0.1) is 16.3 Å². The highest BCUT2D eigenvalue weighted by Gasteiger charge is 2.30. The summed E-state index contributed by atoms with van der Waals surface area (Å²) in [7, 11) is -3.55. The van der Waals surface area contributed by atoms with E-state index in [2.05, 4.69) is 5.10 Å². The predicted molar refractivity (Wildman–Crippen MR) is 119 cm³/mol. The van der Waals surface area contributed by atoms with Gasteiger partial charge in [0.25, 0.3) is 5.91 Å². The maximum atomic E-state index is 12.9. The Hall–Kier alpha value is -2.97. The molecule has 0 N–H and O–H groups in total. The Bertz CT molecular complexity index is 1190. The van der Waals surface area contributed by atoms with Gasteiger partial charge in [0, 0.05) is 37.4 Å². The third kappa shape index (κ3) is 4.26. The van der Waals surface area contributed by atoms with Crippen LogP contribution in [0.2, 0.25) is 0 Å². The summed E-state index contributed by atoms with van der Waals surface area (Å²) in [5.41, 5.74) is 4.47. The summed E-state index contributed by atoms with van der Waals surface area (Å²) < 4.78 is 29.0. The number of aryl methyl sites for hydroxylation is 3. The van der Waals surface area contributed by atoms with E-state index in [9.17, 15) is 13.2 Å². The largest absolute Gasteiger partial charge is 0.336 e. The summed E-state index contributed by atoms with van der Waals surface area (Å²) in [5, 5.41) is 4.46. The zero-order valence-corrected chi connectivity index (χ0v) is 18.8. The van der Waals surface area contributed by atoms with E-state index in [1.165, 1.54) is 4.31 Å². The van der Waals surface area contributed by atoms with Gasteiger partial charge in [0.2, 0.25) is 10.0 Å². The molecule has 8 heteroatoms. The van der Waals surface area contributed by atoms with Crippen molar-refractivity contribution in [3.63, 3.8) is 0 Å². The van der Waals surface area contributed by atoms with Gasteiger partial charge in [-0.25, -0.2) is 13.1 Å². The molecule has 0 bridgehead atoms. The standard InChI is InChI=1S/C23H26N4O3S/c1-17-4-10-22(11-5-17)31(29,30)26-14-12-25(13-15-26)23(28)20-6-8-21(9-7-20)27-19(3)16-18(2)24-27/h4-11,16H,12-15H2,1-3H3. The van der Waals surface area contributed by atoms with Crippen molar-refractivity contribution in [3.05, 3.63) is 77.1 Å². The molecule has 1 fully saturated rings. The first kappa shape index (κ1) is 21.3. The summed E-state index contributed by atoms with van der Waals surface area (Å²) >= 11 is 0. The van der Waals surface area contributed by atoms with Crippen LogP contribution in [0.1, 0.15) is 27.3 Å². The summed E-state index contributed by atoms with van der Waals surface area (Å²) in [6.07, 6.45) is 0. The highest BCUT2D eigenvalue weighted by molar-refractivity contribution is 7.89. The molecule has 0 atom stereocenters. The van der Waals surface area contributed by atoms with E-state index in [1.54, 1.807) is 41.3 Å². The number of sulfonamides is 1. The average Bonchev–Trinajstić information content (AvgIpc) is 3.11. The Morgan fingerprint density at radius 2 is 1.48 bits per heavy atom. The summed E-state index contributed by atoms with van der Waals surface area (Å²) in [5.74, 6) is -0.0905. The lowest BCUT2D eigenvalue weighted by Gasteiger charge is -2.34. The fourth-order valence-corrected chi connectivity index (χ4v) is 5.23. The molecule has 2 heterocycles. The minimum Gasteiger partial charge on any atom is -0.336 e. The molecule has 0 radical (unpaired) electrons. The molecule has 1 saturated heterocycles. The average molecular weight is 439 g/mol. The van der Waals surface area contributed by atoms with E-state index in [0.29, 0.717) is 18.7 Å². The first-order chi connectivity index (χ1) is 14.8. The quantitative estimate of drug-likeness (QED) is 0.628. The molecule has 0 aliphatic carbocycles. The van der Waals surface area contributed by atoms with Crippen LogP contribution in [-0.2, 0) is 10.0 Å². The molecule has 2 aromatic carbocycles. The van der Waals surface area contributed by atoms with Gasteiger partial charge in [0.15, 0.2) is 0 Å². The number of aromatic nitrogens is 2. The van der Waals surface area contributed by atoms with Crippen LogP contribution in [-0.4, -0.2) is 59.5 Å². The van der Waals surface area contributed by atoms with Crippen LogP contribution in [0.3, 0.4) is 0 Å². The van der Waals surface area contributed by atoms with Crippen molar-refractivity contribution in [3.8, 4) is 5.69 Å². The Labute approximate surface area is 183 Å². The molecule has 1 aliphatic heterocycles. The van der Waals surface area contributed by atoms with Crippen LogP contribution in [0.5, 0.6) is 0 Å². The molecule has 162 valence electrons. The van der Waals surface area contributed by atoms with Gasteiger partial charge in [-0.15, -0.1) is 0 Å². The first-order valence-corrected chi connectivity index (χ1v) is 11.7. The number of benzene rings is 2. The third-order valence-corrected chi connectivity index (χ3v) is 7.47. The number of rotatable bonds is 4. The molecule has 0 spiro atoms. The van der Waals surface area contributed by atoms with Crippen LogP contribution in [0.25, 0.3) is 5.69 Å². The van der Waals surface area contributed by atoms with Gasteiger partial charge in [-0.05, 0) is 63.2 Å². The minimum absolute atomic E-state index is 0.0905. The normalized spacial score (nSPS) is 15.3. The van der Waals surface area contributed by atoms with Crippen LogP contribution in [0.4, 0.5) is 0 Å². The van der Waals surface area contributed by atoms with Crippen molar-refractivity contribution >= 4 is 15.9 Å². The monoisotopic (exact) mass is 438 g/mol. The van der Waals surface area contributed by atoms with Gasteiger partial charge in [-0.2, -0.15) is 9.40 Å². The van der Waals surface area contributed by atoms with Gasteiger partial charge in [-0.1, -0.05) is 17.7 Å². The number of hydrogen-bond donors (Lipinski definition) is 0. The van der Waals surface area contributed by atoms with Crippen molar-refractivity contribution in [1.82, 2.24) is 19.0 Å². The van der Waals surface area contributed by atoms with Gasteiger partial charge < -0.3 is 4.90 Å². The smallest absolute Gasteiger partial charge is 0.253 e.